The number of amides is 3. The van der Waals surface area contributed by atoms with Gasteiger partial charge in [0.05, 0.1) is 16.6 Å². The SMILES string of the molecule is C=CCN(CCC)C(=O)[C@@H]1[C@H]2C(=O)N(CCCCCCO)C(C(=O)N(CC=C)c3cc(C)ccc3C)C23S[C@@H]1CC3C. The first-order chi connectivity index (χ1) is 20.2. The van der Waals surface area contributed by atoms with Gasteiger partial charge in [0.25, 0.3) is 5.91 Å². The molecular formula is C34H49N3O4S. The van der Waals surface area contributed by atoms with Gasteiger partial charge in [0.15, 0.2) is 0 Å². The summed E-state index contributed by atoms with van der Waals surface area (Å²) in [6.07, 6.45) is 8.37. The van der Waals surface area contributed by atoms with Crippen LogP contribution in [0.25, 0.3) is 0 Å². The summed E-state index contributed by atoms with van der Waals surface area (Å²) in [5.74, 6) is -0.960. The van der Waals surface area contributed by atoms with Gasteiger partial charge in [-0.05, 0) is 62.6 Å². The number of benzene rings is 1. The number of fused-ring (bicyclic) bond motifs is 1. The minimum Gasteiger partial charge on any atom is -0.396 e. The molecule has 2 bridgehead atoms. The second kappa shape index (κ2) is 13.8. The number of unbranched alkanes of at least 4 members (excludes halogenated alkanes) is 3. The molecule has 1 N–H and O–H groups in total. The van der Waals surface area contributed by atoms with Crippen LogP contribution in [0.3, 0.4) is 0 Å². The van der Waals surface area contributed by atoms with Crippen LogP contribution in [0, 0.1) is 31.6 Å². The van der Waals surface area contributed by atoms with Crippen LogP contribution in [-0.2, 0) is 14.4 Å². The first-order valence-electron chi connectivity index (χ1n) is 15.7. The Balaban J connectivity index is 1.78. The van der Waals surface area contributed by atoms with Crippen LogP contribution < -0.4 is 4.90 Å². The Labute approximate surface area is 256 Å². The third-order valence-electron chi connectivity index (χ3n) is 9.46. The molecule has 0 saturated carbocycles. The van der Waals surface area contributed by atoms with Crippen LogP contribution in [0.15, 0.2) is 43.5 Å². The summed E-state index contributed by atoms with van der Waals surface area (Å²) in [4.78, 5) is 49.0. The van der Waals surface area contributed by atoms with E-state index >= 15 is 0 Å². The van der Waals surface area contributed by atoms with Gasteiger partial charge in [0, 0.05) is 43.7 Å². The van der Waals surface area contributed by atoms with Crippen molar-refractivity contribution < 1.29 is 19.5 Å². The fourth-order valence-electron chi connectivity index (χ4n) is 7.59. The first-order valence-corrected chi connectivity index (χ1v) is 16.5. The fraction of sp³-hybridized carbons (Fsp3) is 0.618. The highest BCUT2D eigenvalue weighted by molar-refractivity contribution is 8.02. The van der Waals surface area contributed by atoms with Gasteiger partial charge in [0.1, 0.15) is 6.04 Å². The van der Waals surface area contributed by atoms with Gasteiger partial charge in [0.2, 0.25) is 11.8 Å². The molecule has 42 heavy (non-hydrogen) atoms. The molecule has 3 unspecified atom stereocenters. The van der Waals surface area contributed by atoms with Gasteiger partial charge in [-0.2, -0.15) is 0 Å². The second-order valence-electron chi connectivity index (χ2n) is 12.3. The van der Waals surface area contributed by atoms with E-state index in [0.717, 1.165) is 55.3 Å². The zero-order chi connectivity index (χ0) is 30.6. The zero-order valence-electron chi connectivity index (χ0n) is 25.9. The third-order valence-corrected chi connectivity index (χ3v) is 11.5. The van der Waals surface area contributed by atoms with Crippen molar-refractivity contribution in [3.63, 3.8) is 0 Å². The van der Waals surface area contributed by atoms with Crippen molar-refractivity contribution in [3.8, 4) is 0 Å². The lowest BCUT2D eigenvalue weighted by Crippen LogP contribution is -2.57. The van der Waals surface area contributed by atoms with Crippen LogP contribution >= 0.6 is 11.8 Å². The molecule has 4 rings (SSSR count). The van der Waals surface area contributed by atoms with Gasteiger partial charge in [-0.15, -0.1) is 24.9 Å². The van der Waals surface area contributed by atoms with E-state index in [0.29, 0.717) is 26.2 Å². The lowest BCUT2D eigenvalue weighted by molar-refractivity contribution is -0.144. The van der Waals surface area contributed by atoms with Crippen molar-refractivity contribution >= 4 is 35.2 Å². The van der Waals surface area contributed by atoms with Crippen molar-refractivity contribution in [2.75, 3.05) is 37.7 Å². The number of anilines is 1. The molecular weight excluding hydrogens is 546 g/mol. The smallest absolute Gasteiger partial charge is 0.251 e. The molecule has 8 heteroatoms. The highest BCUT2D eigenvalue weighted by Gasteiger charge is 2.76. The van der Waals surface area contributed by atoms with Crippen LogP contribution in [0.2, 0.25) is 0 Å². The van der Waals surface area contributed by atoms with Crippen LogP contribution in [0.5, 0.6) is 0 Å². The molecule has 3 aliphatic heterocycles. The number of aliphatic hydroxyl groups excluding tert-OH is 1. The summed E-state index contributed by atoms with van der Waals surface area (Å²) >= 11 is 1.73. The minimum absolute atomic E-state index is 0.0150. The summed E-state index contributed by atoms with van der Waals surface area (Å²) in [6.45, 7) is 18.1. The average Bonchev–Trinajstić information content (AvgIpc) is 3.55. The average molecular weight is 596 g/mol. The largest absolute Gasteiger partial charge is 0.396 e. The molecule has 0 aromatic heterocycles. The van der Waals surface area contributed by atoms with Gasteiger partial charge < -0.3 is 19.8 Å². The van der Waals surface area contributed by atoms with Crippen LogP contribution in [-0.4, -0.2) is 81.5 Å². The molecule has 1 spiro atoms. The Morgan fingerprint density at radius 3 is 2.50 bits per heavy atom. The maximum absolute atomic E-state index is 14.9. The number of aryl methyl sites for hydroxylation is 2. The predicted octanol–water partition coefficient (Wildman–Crippen LogP) is 5.14. The normalized spacial score (nSPS) is 27.7. The topological polar surface area (TPSA) is 81.2 Å². The van der Waals surface area contributed by atoms with E-state index in [1.165, 1.54) is 0 Å². The minimum atomic E-state index is -0.659. The molecule has 0 radical (unpaired) electrons. The predicted molar refractivity (Wildman–Crippen MR) is 171 cm³/mol. The monoisotopic (exact) mass is 595 g/mol. The van der Waals surface area contributed by atoms with Gasteiger partial charge in [-0.1, -0.05) is 51.0 Å². The van der Waals surface area contributed by atoms with Gasteiger partial charge >= 0.3 is 0 Å². The molecule has 1 aromatic carbocycles. The zero-order valence-corrected chi connectivity index (χ0v) is 26.7. The number of carbonyl (C=O) groups excluding carboxylic acids is 3. The Morgan fingerprint density at radius 1 is 1.12 bits per heavy atom. The molecule has 3 fully saturated rings. The van der Waals surface area contributed by atoms with Crippen molar-refractivity contribution in [2.45, 2.75) is 82.3 Å². The Bertz CT molecular complexity index is 1190. The van der Waals surface area contributed by atoms with E-state index in [9.17, 15) is 19.5 Å². The maximum atomic E-state index is 14.9. The molecule has 3 saturated heterocycles. The van der Waals surface area contributed by atoms with E-state index in [-0.39, 0.29) is 35.5 Å². The van der Waals surface area contributed by atoms with E-state index in [4.69, 9.17) is 0 Å². The number of hydrogen-bond acceptors (Lipinski definition) is 5. The van der Waals surface area contributed by atoms with Crippen LogP contribution in [0.1, 0.15) is 63.5 Å². The first kappa shape index (κ1) is 32.3. The van der Waals surface area contributed by atoms with E-state index in [1.54, 1.807) is 28.8 Å². The summed E-state index contributed by atoms with van der Waals surface area (Å²) in [7, 11) is 0. The van der Waals surface area contributed by atoms with Crippen molar-refractivity contribution in [1.82, 2.24) is 9.80 Å². The Hall–Kier alpha value is -2.58. The summed E-state index contributed by atoms with van der Waals surface area (Å²) in [5, 5.41) is 9.25. The van der Waals surface area contributed by atoms with Gasteiger partial charge in [-0.25, -0.2) is 0 Å². The maximum Gasteiger partial charge on any atom is 0.251 e. The Morgan fingerprint density at radius 2 is 1.83 bits per heavy atom. The van der Waals surface area contributed by atoms with Crippen molar-refractivity contribution in [2.24, 2.45) is 17.8 Å². The number of carbonyl (C=O) groups is 3. The number of thioether (sulfide) groups is 1. The van der Waals surface area contributed by atoms with Crippen LogP contribution in [0.4, 0.5) is 5.69 Å². The second-order valence-corrected chi connectivity index (χ2v) is 13.9. The number of likely N-dealkylation sites (tertiary alicyclic amines) is 1. The molecule has 3 aliphatic rings. The summed E-state index contributed by atoms with van der Waals surface area (Å²) in [5.41, 5.74) is 2.90. The quantitative estimate of drug-likeness (QED) is 0.224. The van der Waals surface area contributed by atoms with Gasteiger partial charge in [-0.3, -0.25) is 14.4 Å². The molecule has 1 aromatic rings. The molecule has 3 heterocycles. The molecule has 0 aliphatic carbocycles. The van der Waals surface area contributed by atoms with E-state index < -0.39 is 22.6 Å². The Kier molecular flexibility index (Phi) is 10.6. The molecule has 3 amide bonds. The van der Waals surface area contributed by atoms with Crippen molar-refractivity contribution in [1.29, 1.82) is 0 Å². The molecule has 6 atom stereocenters. The lowest BCUT2D eigenvalue weighted by Gasteiger charge is -2.41. The van der Waals surface area contributed by atoms with E-state index in [1.807, 2.05) is 41.8 Å². The summed E-state index contributed by atoms with van der Waals surface area (Å²) in [6, 6.07) is 5.45. The number of hydrogen-bond donors (Lipinski definition) is 1. The number of aliphatic hydroxyl groups is 1. The number of nitrogens with zero attached hydrogens (tertiary/aromatic N) is 3. The standard InChI is InChI=1S/C34H49N3O4S/c1-7-16-35(17-8-2)31(39)28-27-22-25(6)34(42-27)29(28)32(40)37(19-12-10-11-13-20-38)30(34)33(41)36(18-9-3)26-21-23(4)14-15-24(26)5/h7,9,14-15,21,25,27-30,38H,1,3,8,10-13,16-20,22H2,2,4-6H3/t25?,27-,28+,29+,30?,34?/m1/s1. The summed E-state index contributed by atoms with van der Waals surface area (Å²) < 4.78 is -0.659. The van der Waals surface area contributed by atoms with Crippen molar-refractivity contribution in [3.05, 3.63) is 54.6 Å². The number of rotatable bonds is 15. The highest BCUT2D eigenvalue weighted by Crippen LogP contribution is 2.69. The molecule has 230 valence electrons. The third kappa shape index (κ3) is 5.69. The molecule has 7 nitrogen and oxygen atoms in total. The lowest BCUT2D eigenvalue weighted by atomic mass is 9.65. The highest BCUT2D eigenvalue weighted by atomic mass is 32.2. The fourth-order valence-corrected chi connectivity index (χ4v) is 10.00. The van der Waals surface area contributed by atoms with E-state index in [2.05, 4.69) is 27.0 Å².